The van der Waals surface area contributed by atoms with E-state index in [-0.39, 0.29) is 0 Å². The van der Waals surface area contributed by atoms with E-state index in [4.69, 9.17) is 0 Å². The first-order valence-corrected chi connectivity index (χ1v) is 8.98. The van der Waals surface area contributed by atoms with Crippen LogP contribution in [0.25, 0.3) is 43.1 Å². The van der Waals surface area contributed by atoms with Gasteiger partial charge in [0.05, 0.1) is 34.9 Å². The fraction of sp³-hybridized carbons (Fsp3) is 0.0800. The second-order valence-electron chi connectivity index (χ2n) is 7.20. The maximum atomic E-state index is 9.86. The molecule has 128 valence electrons. The van der Waals surface area contributed by atoms with Crippen molar-refractivity contribution in [2.45, 2.75) is 13.8 Å². The van der Waals surface area contributed by atoms with E-state index in [0.717, 1.165) is 54.2 Å². The molecular weight excluding hydrogens is 342 g/mol. The average Bonchev–Trinajstić information content (AvgIpc) is 2.73. The summed E-state index contributed by atoms with van der Waals surface area (Å²) < 4.78 is 0. The van der Waals surface area contributed by atoms with Crippen molar-refractivity contribution >= 4 is 43.1 Å². The van der Waals surface area contributed by atoms with Crippen molar-refractivity contribution < 1.29 is 0 Å². The summed E-state index contributed by atoms with van der Waals surface area (Å²) in [6, 6.07) is 20.6. The van der Waals surface area contributed by atoms with Gasteiger partial charge in [-0.05, 0) is 58.7 Å². The smallest absolute Gasteiger partial charge is 0.0998 e. The number of hydrogen-bond donors (Lipinski definition) is 0. The van der Waals surface area contributed by atoms with Gasteiger partial charge in [-0.25, -0.2) is 0 Å². The Balaban J connectivity index is 2.29. The van der Waals surface area contributed by atoms with Gasteiger partial charge >= 0.3 is 0 Å². The Morgan fingerprint density at radius 2 is 1.00 bits per heavy atom. The molecule has 0 saturated heterocycles. The van der Waals surface area contributed by atoms with Crippen molar-refractivity contribution in [2.75, 3.05) is 0 Å². The molecule has 0 aromatic heterocycles. The highest BCUT2D eigenvalue weighted by Crippen LogP contribution is 2.44. The lowest BCUT2D eigenvalue weighted by Crippen LogP contribution is -1.95. The summed E-state index contributed by atoms with van der Waals surface area (Å²) in [5.74, 6) is 0. The summed E-state index contributed by atoms with van der Waals surface area (Å²) in [6.07, 6.45) is 0. The van der Waals surface area contributed by atoms with E-state index in [1.807, 2.05) is 44.2 Å². The Morgan fingerprint density at radius 1 is 0.500 bits per heavy atom. The predicted molar refractivity (Wildman–Crippen MR) is 111 cm³/mol. The quantitative estimate of drug-likeness (QED) is 0.254. The van der Waals surface area contributed by atoms with Gasteiger partial charge in [0.25, 0.3) is 0 Å². The molecule has 5 aromatic carbocycles. The number of hydrogen-bond acceptors (Lipinski definition) is 3. The Kier molecular flexibility index (Phi) is 3.12. The predicted octanol–water partition coefficient (Wildman–Crippen LogP) is 5.97. The van der Waals surface area contributed by atoms with Crippen LogP contribution in [0.3, 0.4) is 0 Å². The van der Waals surface area contributed by atoms with Crippen LogP contribution in [-0.2, 0) is 0 Å². The van der Waals surface area contributed by atoms with E-state index >= 15 is 0 Å². The number of nitriles is 3. The first kappa shape index (κ1) is 16.1. The van der Waals surface area contributed by atoms with Gasteiger partial charge in [-0.1, -0.05) is 30.3 Å². The van der Waals surface area contributed by atoms with E-state index in [2.05, 4.69) is 24.3 Å². The topological polar surface area (TPSA) is 71.4 Å². The zero-order valence-electron chi connectivity index (χ0n) is 15.4. The van der Waals surface area contributed by atoms with Crippen LogP contribution >= 0.6 is 0 Å². The fourth-order valence-corrected chi connectivity index (χ4v) is 4.61. The first-order valence-electron chi connectivity index (χ1n) is 8.98. The van der Waals surface area contributed by atoms with Crippen molar-refractivity contribution in [3.8, 4) is 18.2 Å². The molecule has 28 heavy (non-hydrogen) atoms. The van der Waals surface area contributed by atoms with Gasteiger partial charge in [-0.3, -0.25) is 0 Å². The van der Waals surface area contributed by atoms with Crippen LogP contribution in [0.5, 0.6) is 0 Å². The van der Waals surface area contributed by atoms with Crippen LogP contribution in [0.4, 0.5) is 0 Å². The van der Waals surface area contributed by atoms with Gasteiger partial charge < -0.3 is 0 Å². The molecule has 0 atom stereocenters. The van der Waals surface area contributed by atoms with Crippen LogP contribution < -0.4 is 0 Å². The van der Waals surface area contributed by atoms with Gasteiger partial charge in [0.15, 0.2) is 0 Å². The SMILES string of the molecule is Cc1ccc2c3c(C#N)cc(C#N)c4c(C)ccc(c5ccc(C#N)c1c52)c43. The third kappa shape index (κ3) is 1.79. The summed E-state index contributed by atoms with van der Waals surface area (Å²) in [7, 11) is 0. The van der Waals surface area contributed by atoms with Crippen LogP contribution in [0.15, 0.2) is 42.5 Å². The van der Waals surface area contributed by atoms with Crippen LogP contribution in [0.2, 0.25) is 0 Å². The molecule has 0 spiro atoms. The van der Waals surface area contributed by atoms with E-state index in [9.17, 15) is 15.8 Å². The number of benzene rings is 5. The molecule has 3 nitrogen and oxygen atoms in total. The Bertz CT molecular complexity index is 1600. The molecule has 0 amide bonds. The van der Waals surface area contributed by atoms with Crippen molar-refractivity contribution in [3.05, 3.63) is 70.3 Å². The lowest BCUT2D eigenvalue weighted by molar-refractivity contribution is 1.46. The number of fused-ring (bicyclic) bond motifs is 2. The Labute approximate surface area is 161 Å². The summed E-state index contributed by atoms with van der Waals surface area (Å²) in [6.45, 7) is 4.00. The normalized spacial score (nSPS) is 11.1. The molecule has 0 N–H and O–H groups in total. The molecule has 0 aliphatic heterocycles. The first-order chi connectivity index (χ1) is 13.6. The molecule has 5 aromatic rings. The van der Waals surface area contributed by atoms with Crippen molar-refractivity contribution in [3.63, 3.8) is 0 Å². The standard InChI is InChI=1S/C25H13N3/c1-13-4-7-20-23-17(12-28)9-16(11-27)22-14(2)3-6-19(25(22)23)18-8-5-15(10-26)21(13)24(18)20/h3-9H,1-2H3. The highest BCUT2D eigenvalue weighted by Gasteiger charge is 2.20. The maximum absolute atomic E-state index is 9.86. The maximum Gasteiger partial charge on any atom is 0.0998 e. The lowest BCUT2D eigenvalue weighted by atomic mass is 9.83. The van der Waals surface area contributed by atoms with Crippen molar-refractivity contribution in [1.29, 1.82) is 15.8 Å². The van der Waals surface area contributed by atoms with E-state index < -0.39 is 0 Å². The monoisotopic (exact) mass is 355 g/mol. The van der Waals surface area contributed by atoms with Crippen LogP contribution in [0, 0.1) is 47.8 Å². The molecule has 0 bridgehead atoms. The van der Waals surface area contributed by atoms with Gasteiger partial charge in [-0.15, -0.1) is 0 Å². The average molecular weight is 355 g/mol. The minimum atomic E-state index is 0.495. The highest BCUT2D eigenvalue weighted by molar-refractivity contribution is 6.35. The Morgan fingerprint density at radius 3 is 1.64 bits per heavy atom. The summed E-state index contributed by atoms with van der Waals surface area (Å²) in [5.41, 5.74) is 3.71. The molecular formula is C25H13N3. The highest BCUT2D eigenvalue weighted by atomic mass is 14.3. The molecule has 0 fully saturated rings. The molecule has 0 radical (unpaired) electrons. The molecule has 0 aliphatic rings. The van der Waals surface area contributed by atoms with Gasteiger partial charge in [0, 0.05) is 21.5 Å². The second-order valence-corrected chi connectivity index (χ2v) is 7.20. The second kappa shape index (κ2) is 5.43. The van der Waals surface area contributed by atoms with E-state index in [1.54, 1.807) is 6.07 Å². The molecule has 5 rings (SSSR count). The van der Waals surface area contributed by atoms with Gasteiger partial charge in [0.2, 0.25) is 0 Å². The van der Waals surface area contributed by atoms with E-state index in [0.29, 0.717) is 16.7 Å². The van der Waals surface area contributed by atoms with Crippen LogP contribution in [-0.4, -0.2) is 0 Å². The summed E-state index contributed by atoms with van der Waals surface area (Å²) in [4.78, 5) is 0. The van der Waals surface area contributed by atoms with E-state index in [1.165, 1.54) is 0 Å². The van der Waals surface area contributed by atoms with Crippen molar-refractivity contribution in [1.82, 2.24) is 0 Å². The molecule has 0 aliphatic carbocycles. The fourth-order valence-electron chi connectivity index (χ4n) is 4.61. The number of nitrogens with zero attached hydrogens (tertiary/aromatic N) is 3. The third-order valence-corrected chi connectivity index (χ3v) is 5.78. The minimum Gasteiger partial charge on any atom is -0.192 e. The lowest BCUT2D eigenvalue weighted by Gasteiger charge is -2.18. The third-order valence-electron chi connectivity index (χ3n) is 5.78. The molecule has 3 heteroatoms. The largest absolute Gasteiger partial charge is 0.192 e. The van der Waals surface area contributed by atoms with Gasteiger partial charge in [0.1, 0.15) is 0 Å². The zero-order valence-corrected chi connectivity index (χ0v) is 15.4. The minimum absolute atomic E-state index is 0.495. The van der Waals surface area contributed by atoms with Crippen LogP contribution in [0.1, 0.15) is 27.8 Å². The number of aryl methyl sites for hydroxylation is 2. The Hall–Kier alpha value is -4.13. The summed E-state index contributed by atoms with van der Waals surface area (Å²) in [5, 5.41) is 36.9. The molecule has 0 saturated carbocycles. The molecule has 0 heterocycles. The van der Waals surface area contributed by atoms with Crippen molar-refractivity contribution in [2.24, 2.45) is 0 Å². The van der Waals surface area contributed by atoms with Gasteiger partial charge in [-0.2, -0.15) is 15.8 Å². The zero-order chi connectivity index (χ0) is 19.6. The number of rotatable bonds is 0. The summed E-state index contributed by atoms with van der Waals surface area (Å²) >= 11 is 0. The molecule has 0 unspecified atom stereocenters.